The number of rotatable bonds is 7. The number of hydrogen-bond donors (Lipinski definition) is 1. The Kier molecular flexibility index (Phi) is 5.60. The van der Waals surface area contributed by atoms with Crippen LogP contribution in [0.2, 0.25) is 0 Å². The summed E-state index contributed by atoms with van der Waals surface area (Å²) in [4.78, 5) is 0. The van der Waals surface area contributed by atoms with Crippen LogP contribution in [-0.2, 0) is 0 Å². The van der Waals surface area contributed by atoms with E-state index in [1.54, 1.807) is 12.1 Å². The molecule has 0 spiro atoms. The molecule has 0 fully saturated rings. The second-order valence-corrected chi connectivity index (χ2v) is 5.61. The van der Waals surface area contributed by atoms with Gasteiger partial charge in [0.05, 0.1) is 6.61 Å². The second-order valence-electron chi connectivity index (χ2n) is 5.61. The van der Waals surface area contributed by atoms with Crippen LogP contribution in [0.4, 0.5) is 4.39 Å². The molecule has 0 saturated heterocycles. The molecule has 0 aliphatic rings. The summed E-state index contributed by atoms with van der Waals surface area (Å²) in [5.74, 6) is 0.0657. The first-order valence-electron chi connectivity index (χ1n) is 6.54. The molecule has 0 aromatic heterocycles. The van der Waals surface area contributed by atoms with E-state index in [0.717, 1.165) is 24.8 Å². The van der Waals surface area contributed by atoms with Crippen LogP contribution in [0.25, 0.3) is 0 Å². The normalized spacial score (nSPS) is 11.6. The van der Waals surface area contributed by atoms with Gasteiger partial charge in [0, 0.05) is 0 Å². The van der Waals surface area contributed by atoms with E-state index in [1.165, 1.54) is 6.07 Å². The predicted octanol–water partition coefficient (Wildman–Crippen LogP) is 3.67. The zero-order valence-corrected chi connectivity index (χ0v) is 11.6. The first-order valence-corrected chi connectivity index (χ1v) is 6.54. The van der Waals surface area contributed by atoms with E-state index in [0.29, 0.717) is 18.9 Å². The predicted molar refractivity (Wildman–Crippen MR) is 73.3 cm³/mol. The minimum atomic E-state index is -0.289. The molecule has 0 aliphatic carbocycles. The van der Waals surface area contributed by atoms with E-state index < -0.39 is 0 Å². The summed E-state index contributed by atoms with van der Waals surface area (Å²) in [5, 5.41) is 0. The Balaban J connectivity index is 2.28. The Morgan fingerprint density at radius 3 is 2.67 bits per heavy atom. The summed E-state index contributed by atoms with van der Waals surface area (Å²) in [6.07, 6.45) is 3.05. The molecule has 0 saturated carbocycles. The lowest BCUT2D eigenvalue weighted by molar-refractivity contribution is 0.270. The van der Waals surface area contributed by atoms with Crippen LogP contribution in [0.5, 0.6) is 5.75 Å². The van der Waals surface area contributed by atoms with Gasteiger partial charge in [-0.05, 0) is 55.8 Å². The molecule has 3 heteroatoms. The lowest BCUT2D eigenvalue weighted by Crippen LogP contribution is -2.23. The van der Waals surface area contributed by atoms with Gasteiger partial charge in [-0.2, -0.15) is 0 Å². The number of nitrogens with two attached hydrogens (primary N) is 1. The molecule has 1 rings (SSSR count). The van der Waals surface area contributed by atoms with Crippen LogP contribution < -0.4 is 10.5 Å². The molecule has 0 aliphatic heterocycles. The molecule has 0 bridgehead atoms. The maximum absolute atomic E-state index is 13.4. The average molecular weight is 253 g/mol. The lowest BCUT2D eigenvalue weighted by Gasteiger charge is -2.21. The molecule has 0 unspecified atom stereocenters. The van der Waals surface area contributed by atoms with Gasteiger partial charge in [-0.25, -0.2) is 4.39 Å². The number of ether oxygens (including phenoxy) is 1. The largest absolute Gasteiger partial charge is 0.491 e. The topological polar surface area (TPSA) is 35.2 Å². The van der Waals surface area contributed by atoms with Crippen molar-refractivity contribution >= 4 is 0 Å². The van der Waals surface area contributed by atoms with Gasteiger partial charge in [0.2, 0.25) is 0 Å². The molecule has 1 aromatic carbocycles. The Hall–Kier alpha value is -1.09. The average Bonchev–Trinajstić information content (AvgIpc) is 2.33. The van der Waals surface area contributed by atoms with Crippen LogP contribution in [-0.4, -0.2) is 13.2 Å². The van der Waals surface area contributed by atoms with Crippen LogP contribution in [0, 0.1) is 18.2 Å². The molecule has 0 radical (unpaired) electrons. The molecule has 102 valence electrons. The molecule has 0 amide bonds. The lowest BCUT2D eigenvalue weighted by atomic mass is 9.87. The minimum Gasteiger partial charge on any atom is -0.491 e. The monoisotopic (exact) mass is 253 g/mol. The van der Waals surface area contributed by atoms with Crippen molar-refractivity contribution in [2.45, 2.75) is 40.0 Å². The third-order valence-corrected chi connectivity index (χ3v) is 3.14. The molecular formula is C15H24FNO. The van der Waals surface area contributed by atoms with Gasteiger partial charge in [-0.3, -0.25) is 0 Å². The van der Waals surface area contributed by atoms with Gasteiger partial charge in [0.25, 0.3) is 0 Å². The highest BCUT2D eigenvalue weighted by molar-refractivity contribution is 5.29. The summed E-state index contributed by atoms with van der Waals surface area (Å²) in [7, 11) is 0. The number of benzene rings is 1. The maximum atomic E-state index is 13.4. The molecule has 1 aromatic rings. The Morgan fingerprint density at radius 1 is 1.28 bits per heavy atom. The molecule has 0 atom stereocenters. The third-order valence-electron chi connectivity index (χ3n) is 3.14. The van der Waals surface area contributed by atoms with Crippen molar-refractivity contribution in [3.63, 3.8) is 0 Å². The third kappa shape index (κ3) is 5.05. The van der Waals surface area contributed by atoms with E-state index >= 15 is 0 Å². The van der Waals surface area contributed by atoms with Crippen molar-refractivity contribution in [2.24, 2.45) is 11.1 Å². The van der Waals surface area contributed by atoms with Crippen molar-refractivity contribution < 1.29 is 9.13 Å². The Labute approximate surface area is 109 Å². The fourth-order valence-corrected chi connectivity index (χ4v) is 1.71. The van der Waals surface area contributed by atoms with Crippen molar-refractivity contribution in [1.29, 1.82) is 0 Å². The van der Waals surface area contributed by atoms with Gasteiger partial charge in [0.15, 0.2) is 11.6 Å². The quantitative estimate of drug-likeness (QED) is 0.752. The Morgan fingerprint density at radius 2 is 2.00 bits per heavy atom. The standard InChI is InChI=1S/C15H24FNO/c1-12-6-7-13(16)14(10-12)18-9-5-4-8-15(2,3)11-17/h6-7,10H,4-5,8-9,11,17H2,1-3H3. The van der Waals surface area contributed by atoms with Gasteiger partial charge >= 0.3 is 0 Å². The van der Waals surface area contributed by atoms with E-state index in [4.69, 9.17) is 10.5 Å². The van der Waals surface area contributed by atoms with Crippen LogP contribution in [0.3, 0.4) is 0 Å². The summed E-state index contributed by atoms with van der Waals surface area (Å²) >= 11 is 0. The fraction of sp³-hybridized carbons (Fsp3) is 0.600. The highest BCUT2D eigenvalue weighted by atomic mass is 19.1. The highest BCUT2D eigenvalue weighted by Crippen LogP contribution is 2.22. The van der Waals surface area contributed by atoms with Gasteiger partial charge in [-0.1, -0.05) is 19.9 Å². The first kappa shape index (κ1) is 15.0. The zero-order valence-electron chi connectivity index (χ0n) is 11.6. The fourth-order valence-electron chi connectivity index (χ4n) is 1.71. The summed E-state index contributed by atoms with van der Waals surface area (Å²) < 4.78 is 18.8. The van der Waals surface area contributed by atoms with Crippen molar-refractivity contribution in [1.82, 2.24) is 0 Å². The molecular weight excluding hydrogens is 229 g/mol. The summed E-state index contributed by atoms with van der Waals surface area (Å²) in [6.45, 7) is 7.50. The molecule has 2 nitrogen and oxygen atoms in total. The van der Waals surface area contributed by atoms with Crippen LogP contribution >= 0.6 is 0 Å². The zero-order chi connectivity index (χ0) is 13.6. The van der Waals surface area contributed by atoms with Crippen molar-refractivity contribution in [3.05, 3.63) is 29.6 Å². The molecule has 2 N–H and O–H groups in total. The smallest absolute Gasteiger partial charge is 0.165 e. The van der Waals surface area contributed by atoms with Crippen molar-refractivity contribution in [2.75, 3.05) is 13.2 Å². The van der Waals surface area contributed by atoms with Crippen LogP contribution in [0.1, 0.15) is 38.7 Å². The number of aryl methyl sites for hydroxylation is 1. The van der Waals surface area contributed by atoms with E-state index in [2.05, 4.69) is 13.8 Å². The highest BCUT2D eigenvalue weighted by Gasteiger charge is 2.14. The van der Waals surface area contributed by atoms with Crippen LogP contribution in [0.15, 0.2) is 18.2 Å². The summed E-state index contributed by atoms with van der Waals surface area (Å²) in [5.41, 5.74) is 6.87. The van der Waals surface area contributed by atoms with E-state index in [-0.39, 0.29) is 11.2 Å². The van der Waals surface area contributed by atoms with E-state index in [9.17, 15) is 4.39 Å². The first-order chi connectivity index (χ1) is 8.44. The summed E-state index contributed by atoms with van der Waals surface area (Å²) in [6, 6.07) is 4.92. The minimum absolute atomic E-state index is 0.189. The Bertz CT molecular complexity index is 377. The van der Waals surface area contributed by atoms with Gasteiger partial charge in [0.1, 0.15) is 0 Å². The number of hydrogen-bond acceptors (Lipinski definition) is 2. The SMILES string of the molecule is Cc1ccc(F)c(OCCCCC(C)(C)CN)c1. The molecule has 0 heterocycles. The van der Waals surface area contributed by atoms with E-state index in [1.807, 2.05) is 6.92 Å². The second kappa shape index (κ2) is 6.74. The molecule has 18 heavy (non-hydrogen) atoms. The van der Waals surface area contributed by atoms with Gasteiger partial charge in [-0.15, -0.1) is 0 Å². The van der Waals surface area contributed by atoms with Gasteiger partial charge < -0.3 is 10.5 Å². The number of halogens is 1. The van der Waals surface area contributed by atoms with Crippen molar-refractivity contribution in [3.8, 4) is 5.75 Å². The maximum Gasteiger partial charge on any atom is 0.165 e. The number of unbranched alkanes of at least 4 members (excludes halogenated alkanes) is 1.